The molecule has 0 aliphatic carbocycles. The van der Waals surface area contributed by atoms with E-state index in [-0.39, 0.29) is 11.9 Å². The molecule has 9 heteroatoms. The molecule has 3 rings (SSSR count). The summed E-state index contributed by atoms with van der Waals surface area (Å²) in [7, 11) is 0. The summed E-state index contributed by atoms with van der Waals surface area (Å²) < 4.78 is 5.19. The van der Waals surface area contributed by atoms with Gasteiger partial charge in [0, 0.05) is 37.4 Å². The van der Waals surface area contributed by atoms with E-state index in [2.05, 4.69) is 22.0 Å². The smallest absolute Gasteiger partial charge is 0.407 e. The number of nitrogens with zero attached hydrogens (tertiary/aromatic N) is 2. The molecule has 1 aliphatic heterocycles. The first-order valence-electron chi connectivity index (χ1n) is 13.5. The predicted octanol–water partition coefficient (Wildman–Crippen LogP) is 5.31. The lowest BCUT2D eigenvalue weighted by Crippen LogP contribution is -2.38. The Balaban J connectivity index is 1.43. The van der Waals surface area contributed by atoms with Crippen molar-refractivity contribution in [3.63, 3.8) is 0 Å². The number of ether oxygens (including phenoxy) is 1. The molecule has 0 radical (unpaired) electrons. The van der Waals surface area contributed by atoms with E-state index in [1.54, 1.807) is 12.1 Å². The third-order valence-electron chi connectivity index (χ3n) is 6.58. The summed E-state index contributed by atoms with van der Waals surface area (Å²) in [5, 5.41) is 17.4. The largest absolute Gasteiger partial charge is 0.444 e. The van der Waals surface area contributed by atoms with E-state index in [0.717, 1.165) is 18.4 Å². The lowest BCUT2D eigenvalue weighted by molar-refractivity contribution is 0.0526. The van der Waals surface area contributed by atoms with Crippen molar-refractivity contribution in [2.24, 2.45) is 0 Å². The van der Waals surface area contributed by atoms with Gasteiger partial charge in [0.15, 0.2) is 0 Å². The summed E-state index contributed by atoms with van der Waals surface area (Å²) in [6.07, 6.45) is 2.67. The average molecular weight is 534 g/mol. The van der Waals surface area contributed by atoms with Gasteiger partial charge in [0.25, 0.3) is 5.91 Å². The number of likely N-dealkylation sites (tertiary alicyclic amines) is 1. The SMILES string of the molecule is Cc1ccc(C(=O)N2CCC(c3ccc(C#N)cc3)CC2)cc1NC(=O)NCCCCNC(=O)OC(C)(C)C. The van der Waals surface area contributed by atoms with Crippen LogP contribution in [0.5, 0.6) is 0 Å². The molecular formula is C30H39N5O4. The normalized spacial score (nSPS) is 13.8. The number of anilines is 1. The number of carbonyl (C=O) groups excluding carboxylic acids is 3. The lowest BCUT2D eigenvalue weighted by atomic mass is 9.89. The molecule has 0 bridgehead atoms. The monoisotopic (exact) mass is 533 g/mol. The van der Waals surface area contributed by atoms with Gasteiger partial charge in [0.2, 0.25) is 0 Å². The molecule has 1 fully saturated rings. The Labute approximate surface area is 230 Å². The van der Waals surface area contributed by atoms with Crippen molar-refractivity contribution >= 4 is 23.7 Å². The molecule has 208 valence electrons. The zero-order valence-corrected chi connectivity index (χ0v) is 23.3. The van der Waals surface area contributed by atoms with Crippen molar-refractivity contribution in [1.29, 1.82) is 5.26 Å². The van der Waals surface area contributed by atoms with Crippen LogP contribution in [0, 0.1) is 18.3 Å². The van der Waals surface area contributed by atoms with Crippen LogP contribution in [0.3, 0.4) is 0 Å². The van der Waals surface area contributed by atoms with Crippen molar-refractivity contribution < 1.29 is 19.1 Å². The summed E-state index contributed by atoms with van der Waals surface area (Å²) in [5.74, 6) is 0.322. The fourth-order valence-electron chi connectivity index (χ4n) is 4.44. The fraction of sp³-hybridized carbons (Fsp3) is 0.467. The molecule has 3 N–H and O–H groups in total. The number of hydrogen-bond donors (Lipinski definition) is 3. The number of rotatable bonds is 8. The number of carbonyl (C=O) groups is 3. The van der Waals surface area contributed by atoms with Crippen molar-refractivity contribution in [2.45, 2.75) is 64.9 Å². The van der Waals surface area contributed by atoms with Gasteiger partial charge in [0.1, 0.15) is 5.60 Å². The summed E-state index contributed by atoms with van der Waals surface area (Å²) >= 11 is 0. The maximum atomic E-state index is 13.2. The molecule has 39 heavy (non-hydrogen) atoms. The van der Waals surface area contributed by atoms with Crippen LogP contribution < -0.4 is 16.0 Å². The van der Waals surface area contributed by atoms with Gasteiger partial charge in [-0.3, -0.25) is 4.79 Å². The summed E-state index contributed by atoms with van der Waals surface area (Å²) in [4.78, 5) is 39.1. The van der Waals surface area contributed by atoms with E-state index in [1.807, 2.05) is 62.9 Å². The average Bonchev–Trinajstić information content (AvgIpc) is 2.90. The van der Waals surface area contributed by atoms with Gasteiger partial charge in [-0.15, -0.1) is 0 Å². The number of alkyl carbamates (subject to hydrolysis) is 1. The van der Waals surface area contributed by atoms with Crippen molar-refractivity contribution in [2.75, 3.05) is 31.5 Å². The van der Waals surface area contributed by atoms with Crippen LogP contribution in [0.2, 0.25) is 0 Å². The van der Waals surface area contributed by atoms with E-state index in [9.17, 15) is 14.4 Å². The van der Waals surface area contributed by atoms with Crippen molar-refractivity contribution in [3.05, 3.63) is 64.7 Å². The Morgan fingerprint density at radius 3 is 2.26 bits per heavy atom. The van der Waals surface area contributed by atoms with Crippen molar-refractivity contribution in [3.8, 4) is 6.07 Å². The number of amides is 4. The summed E-state index contributed by atoms with van der Waals surface area (Å²) in [6.45, 7) is 9.54. The number of hydrogen-bond acceptors (Lipinski definition) is 5. The van der Waals surface area contributed by atoms with Gasteiger partial charge in [0.05, 0.1) is 11.6 Å². The first kappa shape index (κ1) is 29.5. The van der Waals surface area contributed by atoms with E-state index in [4.69, 9.17) is 10.00 Å². The Morgan fingerprint density at radius 2 is 1.64 bits per heavy atom. The number of piperidine rings is 1. The van der Waals surface area contributed by atoms with E-state index in [0.29, 0.717) is 61.8 Å². The van der Waals surface area contributed by atoms with Crippen LogP contribution >= 0.6 is 0 Å². The van der Waals surface area contributed by atoms with Crippen LogP contribution in [0.15, 0.2) is 42.5 Å². The minimum atomic E-state index is -0.534. The van der Waals surface area contributed by atoms with Gasteiger partial charge in [-0.25, -0.2) is 9.59 Å². The quantitative estimate of drug-likeness (QED) is 0.397. The molecule has 0 aromatic heterocycles. The first-order valence-corrected chi connectivity index (χ1v) is 13.5. The number of benzene rings is 2. The molecule has 2 aromatic carbocycles. The van der Waals surface area contributed by atoms with E-state index < -0.39 is 11.7 Å². The maximum Gasteiger partial charge on any atom is 0.407 e. The second-order valence-corrected chi connectivity index (χ2v) is 10.8. The highest BCUT2D eigenvalue weighted by Gasteiger charge is 2.25. The van der Waals surface area contributed by atoms with Crippen LogP contribution in [-0.4, -0.2) is 54.7 Å². The minimum Gasteiger partial charge on any atom is -0.444 e. The first-order chi connectivity index (χ1) is 18.6. The third kappa shape index (κ3) is 9.32. The standard InChI is InChI=1S/C30H39N5O4/c1-21-7-10-25(27(36)35-17-13-24(14-18-35)23-11-8-22(20-31)9-12-23)19-26(21)34-28(37)32-15-5-6-16-33-29(38)39-30(2,3)4/h7-12,19,24H,5-6,13-18H2,1-4H3,(H,33,38)(H2,32,34,37). The number of nitriles is 1. The molecule has 0 unspecified atom stereocenters. The molecule has 0 saturated carbocycles. The molecular weight excluding hydrogens is 494 g/mol. The number of urea groups is 1. The van der Waals surface area contributed by atoms with Crippen molar-refractivity contribution in [1.82, 2.24) is 15.5 Å². The molecule has 1 aliphatic rings. The van der Waals surface area contributed by atoms with Gasteiger partial charge in [-0.2, -0.15) is 5.26 Å². The molecule has 1 heterocycles. The van der Waals surface area contributed by atoms with E-state index in [1.165, 1.54) is 5.56 Å². The summed E-state index contributed by atoms with van der Waals surface area (Å²) in [6, 6.07) is 14.9. The third-order valence-corrected chi connectivity index (χ3v) is 6.58. The fourth-order valence-corrected chi connectivity index (χ4v) is 4.44. The number of unbranched alkanes of at least 4 members (excludes halogenated alkanes) is 1. The number of nitrogens with one attached hydrogen (secondary N) is 3. The molecule has 9 nitrogen and oxygen atoms in total. The van der Waals surface area contributed by atoms with Gasteiger partial charge >= 0.3 is 12.1 Å². The van der Waals surface area contributed by atoms with Crippen LogP contribution in [0.25, 0.3) is 0 Å². The maximum absolute atomic E-state index is 13.2. The second-order valence-electron chi connectivity index (χ2n) is 10.8. The highest BCUT2D eigenvalue weighted by Crippen LogP contribution is 2.29. The lowest BCUT2D eigenvalue weighted by Gasteiger charge is -2.32. The Bertz CT molecular complexity index is 1190. The molecule has 0 spiro atoms. The molecule has 1 saturated heterocycles. The zero-order chi connectivity index (χ0) is 28.4. The zero-order valence-electron chi connectivity index (χ0n) is 23.3. The Hall–Kier alpha value is -4.06. The number of aryl methyl sites for hydroxylation is 1. The predicted molar refractivity (Wildman–Crippen MR) is 151 cm³/mol. The highest BCUT2D eigenvalue weighted by molar-refractivity contribution is 5.97. The van der Waals surface area contributed by atoms with Crippen LogP contribution in [0.1, 0.15) is 79.4 Å². The van der Waals surface area contributed by atoms with Crippen LogP contribution in [-0.2, 0) is 4.74 Å². The van der Waals surface area contributed by atoms with E-state index >= 15 is 0 Å². The topological polar surface area (TPSA) is 124 Å². The van der Waals surface area contributed by atoms with Gasteiger partial charge in [-0.05, 0) is 94.7 Å². The minimum absolute atomic E-state index is 0.0470. The van der Waals surface area contributed by atoms with Gasteiger partial charge in [-0.1, -0.05) is 18.2 Å². The highest BCUT2D eigenvalue weighted by atomic mass is 16.6. The van der Waals surface area contributed by atoms with Gasteiger partial charge < -0.3 is 25.6 Å². The molecule has 2 aromatic rings. The Kier molecular flexibility index (Phi) is 10.3. The second kappa shape index (κ2) is 13.7. The molecule has 0 atom stereocenters. The van der Waals surface area contributed by atoms with Crippen LogP contribution in [0.4, 0.5) is 15.3 Å². The molecule has 4 amide bonds. The Morgan fingerprint density at radius 1 is 1.00 bits per heavy atom. The summed E-state index contributed by atoms with van der Waals surface area (Å²) in [5.41, 5.74) is 3.32.